The fourth-order valence-electron chi connectivity index (χ4n) is 0.765. The largest absolute Gasteiger partial charge is 0.326 e. The van der Waals surface area contributed by atoms with Crippen molar-refractivity contribution in [1.82, 2.24) is 4.98 Å². The second-order valence-electron chi connectivity index (χ2n) is 2.11. The second-order valence-corrected chi connectivity index (χ2v) is 2.11. The van der Waals surface area contributed by atoms with Gasteiger partial charge >= 0.3 is 0 Å². The first-order valence-corrected chi connectivity index (χ1v) is 3.19. The molecule has 0 saturated carbocycles. The third kappa shape index (κ3) is 1.52. The van der Waals surface area contributed by atoms with Gasteiger partial charge in [-0.3, -0.25) is 4.98 Å². The Morgan fingerprint density at radius 2 is 1.60 bits per heavy atom. The van der Waals surface area contributed by atoms with Crippen molar-refractivity contribution in [2.75, 3.05) is 0 Å². The maximum atomic E-state index is 5.39. The van der Waals surface area contributed by atoms with Gasteiger partial charge in [-0.15, -0.1) is 0 Å². The van der Waals surface area contributed by atoms with Crippen molar-refractivity contribution in [3.63, 3.8) is 0 Å². The number of hydrogen-bond donors (Lipinski definition) is 2. The van der Waals surface area contributed by atoms with Gasteiger partial charge in [-0.05, 0) is 11.1 Å². The highest BCUT2D eigenvalue weighted by atomic mass is 14.7. The van der Waals surface area contributed by atoms with E-state index in [4.69, 9.17) is 11.5 Å². The molecule has 0 aliphatic carbocycles. The predicted octanol–water partition coefficient (Wildman–Crippen LogP) is -0.00100. The van der Waals surface area contributed by atoms with Crippen LogP contribution in [0.1, 0.15) is 11.1 Å². The molecule has 0 unspecified atom stereocenters. The quantitative estimate of drug-likeness (QED) is 0.603. The Bertz CT molecular complexity index is 191. The minimum absolute atomic E-state index is 0.529. The summed E-state index contributed by atoms with van der Waals surface area (Å²) in [7, 11) is 0. The molecule has 54 valence electrons. The van der Waals surface area contributed by atoms with Gasteiger partial charge in [-0.25, -0.2) is 0 Å². The average Bonchev–Trinajstić information content (AvgIpc) is 2.05. The number of rotatable bonds is 2. The zero-order valence-corrected chi connectivity index (χ0v) is 5.75. The number of aromatic nitrogens is 1. The SMILES string of the molecule is NCc1cncc(CN)c1. The fraction of sp³-hybridized carbons (Fsp3) is 0.286. The van der Waals surface area contributed by atoms with Gasteiger partial charge in [0.1, 0.15) is 0 Å². The van der Waals surface area contributed by atoms with Crippen molar-refractivity contribution in [2.45, 2.75) is 13.1 Å². The third-order valence-electron chi connectivity index (χ3n) is 1.32. The van der Waals surface area contributed by atoms with Crippen LogP contribution in [0.25, 0.3) is 0 Å². The Morgan fingerprint density at radius 3 is 2.00 bits per heavy atom. The maximum Gasteiger partial charge on any atom is 0.0312 e. The van der Waals surface area contributed by atoms with Crippen LogP contribution in [0.5, 0.6) is 0 Å². The summed E-state index contributed by atoms with van der Waals surface area (Å²) in [4.78, 5) is 3.97. The molecule has 3 nitrogen and oxygen atoms in total. The van der Waals surface area contributed by atoms with Crippen molar-refractivity contribution >= 4 is 0 Å². The van der Waals surface area contributed by atoms with Crippen LogP contribution in [0.15, 0.2) is 18.5 Å². The standard InChI is InChI=1S/C7H11N3/c8-2-6-1-7(3-9)5-10-4-6/h1,4-5H,2-3,8-9H2. The van der Waals surface area contributed by atoms with Crippen LogP contribution < -0.4 is 11.5 Å². The topological polar surface area (TPSA) is 64.9 Å². The molecule has 0 bridgehead atoms. The van der Waals surface area contributed by atoms with Gasteiger partial charge in [0.05, 0.1) is 0 Å². The number of hydrogen-bond acceptors (Lipinski definition) is 3. The van der Waals surface area contributed by atoms with E-state index in [1.165, 1.54) is 0 Å². The monoisotopic (exact) mass is 137 g/mol. The lowest BCUT2D eigenvalue weighted by Crippen LogP contribution is -2.01. The third-order valence-corrected chi connectivity index (χ3v) is 1.32. The Kier molecular flexibility index (Phi) is 2.36. The Morgan fingerprint density at radius 1 is 1.10 bits per heavy atom. The Balaban J connectivity index is 2.87. The lowest BCUT2D eigenvalue weighted by atomic mass is 10.2. The van der Waals surface area contributed by atoms with E-state index in [0.717, 1.165) is 11.1 Å². The number of pyridine rings is 1. The molecule has 1 aromatic rings. The Hall–Kier alpha value is -0.930. The molecule has 10 heavy (non-hydrogen) atoms. The minimum Gasteiger partial charge on any atom is -0.326 e. The lowest BCUT2D eigenvalue weighted by molar-refractivity contribution is 0.995. The summed E-state index contributed by atoms with van der Waals surface area (Å²) in [6.07, 6.45) is 3.50. The van der Waals surface area contributed by atoms with E-state index in [2.05, 4.69) is 4.98 Å². The lowest BCUT2D eigenvalue weighted by Gasteiger charge is -1.97. The molecule has 3 heteroatoms. The van der Waals surface area contributed by atoms with Crippen LogP contribution >= 0.6 is 0 Å². The molecule has 1 rings (SSSR count). The normalized spacial score (nSPS) is 9.80. The molecule has 1 heterocycles. The smallest absolute Gasteiger partial charge is 0.0312 e. The van der Waals surface area contributed by atoms with Crippen molar-refractivity contribution in [3.05, 3.63) is 29.6 Å². The molecule has 0 aliphatic heterocycles. The van der Waals surface area contributed by atoms with Gasteiger partial charge in [0.2, 0.25) is 0 Å². The van der Waals surface area contributed by atoms with Crippen LogP contribution in [0.2, 0.25) is 0 Å². The molecule has 0 radical (unpaired) electrons. The van der Waals surface area contributed by atoms with Gasteiger partial charge in [-0.1, -0.05) is 6.07 Å². The highest BCUT2D eigenvalue weighted by molar-refractivity contribution is 5.17. The first-order valence-electron chi connectivity index (χ1n) is 3.19. The molecular weight excluding hydrogens is 126 g/mol. The zero-order valence-electron chi connectivity index (χ0n) is 5.75. The van der Waals surface area contributed by atoms with E-state index in [0.29, 0.717) is 13.1 Å². The molecule has 0 amide bonds. The molecule has 0 aliphatic rings. The molecule has 0 atom stereocenters. The summed E-state index contributed by atoms with van der Waals surface area (Å²) in [5.74, 6) is 0. The summed E-state index contributed by atoms with van der Waals surface area (Å²) < 4.78 is 0. The highest BCUT2D eigenvalue weighted by Crippen LogP contribution is 1.99. The summed E-state index contributed by atoms with van der Waals surface area (Å²) in [5.41, 5.74) is 12.8. The zero-order chi connectivity index (χ0) is 7.40. The van der Waals surface area contributed by atoms with Crippen molar-refractivity contribution in [2.24, 2.45) is 11.5 Å². The van der Waals surface area contributed by atoms with E-state index in [-0.39, 0.29) is 0 Å². The van der Waals surface area contributed by atoms with Crippen LogP contribution in [0, 0.1) is 0 Å². The summed E-state index contributed by atoms with van der Waals surface area (Å²) >= 11 is 0. The van der Waals surface area contributed by atoms with Crippen molar-refractivity contribution < 1.29 is 0 Å². The van der Waals surface area contributed by atoms with Crippen molar-refractivity contribution in [3.8, 4) is 0 Å². The first kappa shape index (κ1) is 7.18. The van der Waals surface area contributed by atoms with Crippen LogP contribution in [-0.2, 0) is 13.1 Å². The Labute approximate surface area is 60.1 Å². The van der Waals surface area contributed by atoms with Crippen LogP contribution in [-0.4, -0.2) is 4.98 Å². The van der Waals surface area contributed by atoms with Gasteiger partial charge in [-0.2, -0.15) is 0 Å². The first-order chi connectivity index (χ1) is 4.86. The van der Waals surface area contributed by atoms with Gasteiger partial charge in [0.25, 0.3) is 0 Å². The maximum absolute atomic E-state index is 5.39. The van der Waals surface area contributed by atoms with Crippen LogP contribution in [0.4, 0.5) is 0 Å². The van der Waals surface area contributed by atoms with E-state index < -0.39 is 0 Å². The van der Waals surface area contributed by atoms with Crippen molar-refractivity contribution in [1.29, 1.82) is 0 Å². The van der Waals surface area contributed by atoms with Crippen LogP contribution in [0.3, 0.4) is 0 Å². The van der Waals surface area contributed by atoms with E-state index in [1.54, 1.807) is 12.4 Å². The molecule has 0 aromatic carbocycles. The average molecular weight is 137 g/mol. The van der Waals surface area contributed by atoms with E-state index in [9.17, 15) is 0 Å². The molecule has 4 N–H and O–H groups in total. The molecule has 0 saturated heterocycles. The summed E-state index contributed by atoms with van der Waals surface area (Å²) in [6, 6.07) is 1.97. The minimum atomic E-state index is 0.529. The number of nitrogens with two attached hydrogens (primary N) is 2. The second kappa shape index (κ2) is 3.29. The van der Waals surface area contributed by atoms with Gasteiger partial charge in [0, 0.05) is 25.5 Å². The summed E-state index contributed by atoms with van der Waals surface area (Å²) in [5, 5.41) is 0. The molecule has 0 spiro atoms. The van der Waals surface area contributed by atoms with Gasteiger partial charge < -0.3 is 11.5 Å². The van der Waals surface area contributed by atoms with Gasteiger partial charge in [0.15, 0.2) is 0 Å². The molecular formula is C7H11N3. The fourth-order valence-corrected chi connectivity index (χ4v) is 0.765. The highest BCUT2D eigenvalue weighted by Gasteiger charge is 1.91. The van der Waals surface area contributed by atoms with E-state index in [1.807, 2.05) is 6.07 Å². The molecule has 0 fully saturated rings. The number of nitrogens with zero attached hydrogens (tertiary/aromatic N) is 1. The van der Waals surface area contributed by atoms with E-state index >= 15 is 0 Å². The summed E-state index contributed by atoms with van der Waals surface area (Å²) in [6.45, 7) is 1.06. The molecule has 1 aromatic heterocycles. The predicted molar refractivity (Wildman–Crippen MR) is 40.0 cm³/mol.